The van der Waals surface area contributed by atoms with Crippen molar-refractivity contribution in [1.82, 2.24) is 20.8 Å². The highest BCUT2D eigenvalue weighted by molar-refractivity contribution is 14.0. The molecule has 0 aliphatic carbocycles. The van der Waals surface area contributed by atoms with Crippen molar-refractivity contribution in [3.8, 4) is 17.1 Å². The van der Waals surface area contributed by atoms with Crippen molar-refractivity contribution in [1.29, 1.82) is 0 Å². The summed E-state index contributed by atoms with van der Waals surface area (Å²) >= 11 is 6.02. The van der Waals surface area contributed by atoms with Gasteiger partial charge in [0.15, 0.2) is 5.96 Å². The number of fused-ring (bicyclic) bond motifs is 1. The van der Waals surface area contributed by atoms with Crippen molar-refractivity contribution in [2.45, 2.75) is 19.3 Å². The maximum atomic E-state index is 6.02. The lowest BCUT2D eigenvalue weighted by Crippen LogP contribution is -2.39. The van der Waals surface area contributed by atoms with Crippen LogP contribution in [0.3, 0.4) is 0 Å². The SMILES string of the molecule is CN=C(NCCc1ccc2c(c1)CCO2)NCCc1nc(-c2cccc(Cl)c2)no1.I. The van der Waals surface area contributed by atoms with Crippen LogP contribution >= 0.6 is 35.6 Å². The van der Waals surface area contributed by atoms with Gasteiger partial charge in [-0.1, -0.05) is 41.0 Å². The van der Waals surface area contributed by atoms with E-state index in [4.69, 9.17) is 20.9 Å². The second kappa shape index (κ2) is 11.3. The molecule has 0 bridgehead atoms. The number of aliphatic imine (C=N–C) groups is 1. The molecule has 0 saturated heterocycles. The molecule has 1 aromatic heterocycles. The molecule has 0 saturated carbocycles. The summed E-state index contributed by atoms with van der Waals surface area (Å²) in [6, 6.07) is 13.8. The van der Waals surface area contributed by atoms with E-state index in [-0.39, 0.29) is 24.0 Å². The van der Waals surface area contributed by atoms with E-state index in [1.54, 1.807) is 7.05 Å². The molecule has 1 aliphatic heterocycles. The van der Waals surface area contributed by atoms with Crippen molar-refractivity contribution in [2.24, 2.45) is 4.99 Å². The maximum Gasteiger partial charge on any atom is 0.228 e. The molecule has 2 N–H and O–H groups in total. The van der Waals surface area contributed by atoms with Crippen LogP contribution in [-0.2, 0) is 19.3 Å². The highest BCUT2D eigenvalue weighted by Gasteiger charge is 2.12. The fraction of sp³-hybridized carbons (Fsp3) is 0.318. The number of nitrogens with zero attached hydrogens (tertiary/aromatic N) is 3. The van der Waals surface area contributed by atoms with Crippen LogP contribution in [0.2, 0.25) is 5.02 Å². The third-order valence-electron chi connectivity index (χ3n) is 4.87. The lowest BCUT2D eigenvalue weighted by atomic mass is 10.1. The number of hydrogen-bond acceptors (Lipinski definition) is 5. The summed E-state index contributed by atoms with van der Waals surface area (Å²) in [5, 5.41) is 11.3. The Kier molecular flexibility index (Phi) is 8.53. The van der Waals surface area contributed by atoms with Gasteiger partial charge in [-0.3, -0.25) is 4.99 Å². The Balaban J connectivity index is 0.00000272. The zero-order chi connectivity index (χ0) is 20.8. The van der Waals surface area contributed by atoms with Crippen LogP contribution < -0.4 is 15.4 Å². The normalized spacial score (nSPS) is 12.6. The zero-order valence-corrected chi connectivity index (χ0v) is 20.3. The molecular weight excluding hydrogens is 529 g/mol. The summed E-state index contributed by atoms with van der Waals surface area (Å²) in [7, 11) is 1.76. The monoisotopic (exact) mass is 553 g/mol. The molecule has 31 heavy (non-hydrogen) atoms. The molecule has 1 aliphatic rings. The van der Waals surface area contributed by atoms with E-state index in [0.29, 0.717) is 29.7 Å². The molecular formula is C22H25ClIN5O2. The van der Waals surface area contributed by atoms with E-state index in [0.717, 1.165) is 43.3 Å². The quantitative estimate of drug-likeness (QED) is 0.262. The zero-order valence-electron chi connectivity index (χ0n) is 17.2. The van der Waals surface area contributed by atoms with Gasteiger partial charge in [0, 0.05) is 43.6 Å². The molecule has 3 aromatic rings. The lowest BCUT2D eigenvalue weighted by Gasteiger charge is -2.11. The number of nitrogens with one attached hydrogen (secondary N) is 2. The predicted molar refractivity (Wildman–Crippen MR) is 133 cm³/mol. The maximum absolute atomic E-state index is 6.02. The summed E-state index contributed by atoms with van der Waals surface area (Å²) in [5.74, 6) is 2.86. The van der Waals surface area contributed by atoms with Crippen molar-refractivity contribution in [2.75, 3.05) is 26.7 Å². The molecule has 164 valence electrons. The lowest BCUT2D eigenvalue weighted by molar-refractivity contribution is 0.357. The van der Waals surface area contributed by atoms with Crippen molar-refractivity contribution < 1.29 is 9.26 Å². The molecule has 0 spiro atoms. The van der Waals surface area contributed by atoms with Gasteiger partial charge >= 0.3 is 0 Å². The molecule has 2 heterocycles. The minimum atomic E-state index is 0. The molecule has 0 amide bonds. The van der Waals surface area contributed by atoms with E-state index in [1.807, 2.05) is 24.3 Å². The van der Waals surface area contributed by atoms with Gasteiger partial charge < -0.3 is 19.9 Å². The van der Waals surface area contributed by atoms with Crippen LogP contribution in [-0.4, -0.2) is 42.8 Å². The summed E-state index contributed by atoms with van der Waals surface area (Å²) in [4.78, 5) is 8.69. The fourth-order valence-corrected chi connectivity index (χ4v) is 3.52. The van der Waals surface area contributed by atoms with Crippen LogP contribution in [0.1, 0.15) is 17.0 Å². The number of halogens is 2. The minimum Gasteiger partial charge on any atom is -0.493 e. The standard InChI is InChI=1S/C22H24ClN5O2.HI/c1-24-22(25-10-7-15-5-6-19-16(13-15)9-12-29-19)26-11-8-20-27-21(28-30-20)17-3-2-4-18(23)14-17;/h2-6,13-14H,7-12H2,1H3,(H2,24,25,26);1H. The van der Waals surface area contributed by atoms with Crippen molar-refractivity contribution in [3.63, 3.8) is 0 Å². The molecule has 4 rings (SSSR count). The Morgan fingerprint density at radius 2 is 1.97 bits per heavy atom. The van der Waals surface area contributed by atoms with Gasteiger partial charge in [-0.25, -0.2) is 0 Å². The summed E-state index contributed by atoms with van der Waals surface area (Å²) < 4.78 is 10.9. The average Bonchev–Trinajstić information content (AvgIpc) is 3.42. The number of aromatic nitrogens is 2. The van der Waals surface area contributed by atoms with Crippen LogP contribution in [0.25, 0.3) is 11.4 Å². The number of hydrogen-bond donors (Lipinski definition) is 2. The van der Waals surface area contributed by atoms with E-state index in [9.17, 15) is 0 Å². The van der Waals surface area contributed by atoms with Crippen LogP contribution in [0.15, 0.2) is 52.0 Å². The van der Waals surface area contributed by atoms with Gasteiger partial charge in [-0.15, -0.1) is 24.0 Å². The van der Waals surface area contributed by atoms with Crippen LogP contribution in [0, 0.1) is 0 Å². The Morgan fingerprint density at radius 1 is 1.13 bits per heavy atom. The first-order chi connectivity index (χ1) is 14.7. The Labute approximate surface area is 203 Å². The second-order valence-corrected chi connectivity index (χ2v) is 7.42. The Morgan fingerprint density at radius 3 is 2.77 bits per heavy atom. The molecule has 7 nitrogen and oxygen atoms in total. The first-order valence-corrected chi connectivity index (χ1v) is 10.4. The highest BCUT2D eigenvalue weighted by atomic mass is 127. The number of rotatable bonds is 7. The first kappa shape index (κ1) is 23.3. The number of ether oxygens (including phenoxy) is 1. The van der Waals surface area contributed by atoms with Gasteiger partial charge in [0.1, 0.15) is 5.75 Å². The van der Waals surface area contributed by atoms with Crippen molar-refractivity contribution in [3.05, 3.63) is 64.5 Å². The third-order valence-corrected chi connectivity index (χ3v) is 5.10. The molecule has 0 atom stereocenters. The highest BCUT2D eigenvalue weighted by Crippen LogP contribution is 2.25. The van der Waals surface area contributed by atoms with E-state index in [2.05, 4.69) is 44.0 Å². The number of guanidine groups is 1. The fourth-order valence-electron chi connectivity index (χ4n) is 3.33. The van der Waals surface area contributed by atoms with E-state index < -0.39 is 0 Å². The van der Waals surface area contributed by atoms with Gasteiger partial charge in [0.25, 0.3) is 0 Å². The van der Waals surface area contributed by atoms with Crippen LogP contribution in [0.4, 0.5) is 0 Å². The van der Waals surface area contributed by atoms with Crippen molar-refractivity contribution >= 4 is 41.5 Å². The molecule has 9 heteroatoms. The smallest absolute Gasteiger partial charge is 0.228 e. The van der Waals surface area contributed by atoms with E-state index in [1.165, 1.54) is 11.1 Å². The second-order valence-electron chi connectivity index (χ2n) is 6.99. The molecule has 0 radical (unpaired) electrons. The summed E-state index contributed by atoms with van der Waals surface area (Å²) in [6.45, 7) is 2.21. The predicted octanol–water partition coefficient (Wildman–Crippen LogP) is 3.89. The van der Waals surface area contributed by atoms with Crippen LogP contribution in [0.5, 0.6) is 5.75 Å². The van der Waals surface area contributed by atoms with Gasteiger partial charge in [-0.2, -0.15) is 4.98 Å². The first-order valence-electron chi connectivity index (χ1n) is 9.99. The average molecular weight is 554 g/mol. The Bertz CT molecular complexity index is 1040. The molecule has 0 unspecified atom stereocenters. The van der Waals surface area contributed by atoms with Gasteiger partial charge in [0.05, 0.1) is 6.61 Å². The van der Waals surface area contributed by atoms with Gasteiger partial charge in [-0.05, 0) is 35.7 Å². The Hall–Kier alpha value is -2.33. The third kappa shape index (κ3) is 6.33. The largest absolute Gasteiger partial charge is 0.493 e. The molecule has 2 aromatic carbocycles. The molecule has 0 fully saturated rings. The summed E-state index contributed by atoms with van der Waals surface area (Å²) in [5.41, 5.74) is 3.43. The van der Waals surface area contributed by atoms with Gasteiger partial charge in [0.2, 0.25) is 11.7 Å². The topological polar surface area (TPSA) is 84.6 Å². The number of benzene rings is 2. The van der Waals surface area contributed by atoms with E-state index >= 15 is 0 Å². The summed E-state index contributed by atoms with van der Waals surface area (Å²) in [6.07, 6.45) is 2.51. The minimum absolute atomic E-state index is 0.